The molecule has 0 radical (unpaired) electrons. The molecule has 0 atom stereocenters. The average Bonchev–Trinajstić information content (AvgIpc) is 3.21. The molecule has 0 aliphatic carbocycles. The van der Waals surface area contributed by atoms with Gasteiger partial charge in [0, 0.05) is 27.7 Å². The van der Waals surface area contributed by atoms with Gasteiger partial charge >= 0.3 is 0 Å². The Hall–Kier alpha value is -2.51. The minimum atomic E-state index is -0.255. The van der Waals surface area contributed by atoms with Crippen molar-refractivity contribution in [1.29, 1.82) is 0 Å². The lowest BCUT2D eigenvalue weighted by Crippen LogP contribution is -2.15. The fourth-order valence-corrected chi connectivity index (χ4v) is 3.20. The summed E-state index contributed by atoms with van der Waals surface area (Å²) < 4.78 is 0. The first-order valence-electron chi connectivity index (χ1n) is 6.84. The van der Waals surface area contributed by atoms with E-state index in [-0.39, 0.29) is 11.8 Å². The summed E-state index contributed by atoms with van der Waals surface area (Å²) in [4.78, 5) is 29.2. The van der Waals surface area contributed by atoms with Crippen LogP contribution in [-0.4, -0.2) is 16.8 Å². The number of anilines is 2. The van der Waals surface area contributed by atoms with Crippen molar-refractivity contribution in [1.82, 2.24) is 4.98 Å². The largest absolute Gasteiger partial charge is 0.326 e. The van der Waals surface area contributed by atoms with Crippen LogP contribution in [-0.2, 0) is 11.2 Å². The lowest BCUT2D eigenvalue weighted by Gasteiger charge is -2.07. The molecule has 3 aromatic rings. The van der Waals surface area contributed by atoms with E-state index >= 15 is 0 Å². The maximum atomic E-state index is 12.2. The summed E-state index contributed by atoms with van der Waals surface area (Å²) in [5, 5.41) is 9.79. The van der Waals surface area contributed by atoms with Crippen molar-refractivity contribution in [3.63, 3.8) is 0 Å². The Morgan fingerprint density at radius 1 is 1.04 bits per heavy atom. The maximum absolute atomic E-state index is 12.2. The summed E-state index contributed by atoms with van der Waals surface area (Å²) in [5.41, 5.74) is 1.06. The topological polar surface area (TPSA) is 71.1 Å². The maximum Gasteiger partial charge on any atom is 0.257 e. The lowest BCUT2D eigenvalue weighted by molar-refractivity contribution is -0.115. The van der Waals surface area contributed by atoms with E-state index in [1.807, 2.05) is 17.5 Å². The molecule has 0 unspecified atom stereocenters. The summed E-state index contributed by atoms with van der Waals surface area (Å²) in [6.07, 6.45) is 1.95. The molecule has 1 aromatic carbocycles. The zero-order valence-electron chi connectivity index (χ0n) is 12.0. The first kappa shape index (κ1) is 15.4. The number of carbonyl (C=O) groups excluding carboxylic acids is 2. The first-order valence-corrected chi connectivity index (χ1v) is 8.60. The van der Waals surface area contributed by atoms with Gasteiger partial charge in [-0.2, -0.15) is 0 Å². The van der Waals surface area contributed by atoms with Gasteiger partial charge in [-0.3, -0.25) is 14.9 Å². The van der Waals surface area contributed by atoms with Crippen molar-refractivity contribution < 1.29 is 9.59 Å². The van der Waals surface area contributed by atoms with Crippen LogP contribution in [0.4, 0.5) is 10.8 Å². The number of rotatable bonds is 5. The van der Waals surface area contributed by atoms with Crippen LogP contribution in [0.25, 0.3) is 0 Å². The Bertz CT molecular complexity index is 799. The number of hydrogen-bond acceptors (Lipinski definition) is 5. The van der Waals surface area contributed by atoms with E-state index in [4.69, 9.17) is 0 Å². The third-order valence-electron chi connectivity index (χ3n) is 2.98. The smallest absolute Gasteiger partial charge is 0.257 e. The fraction of sp³-hybridized carbons (Fsp3) is 0.0625. The van der Waals surface area contributed by atoms with Crippen LogP contribution in [0, 0.1) is 0 Å². The molecule has 23 heavy (non-hydrogen) atoms. The first-order chi connectivity index (χ1) is 11.2. The van der Waals surface area contributed by atoms with Crippen LogP contribution < -0.4 is 10.6 Å². The van der Waals surface area contributed by atoms with Crippen molar-refractivity contribution in [3.05, 3.63) is 63.8 Å². The summed E-state index contributed by atoms with van der Waals surface area (Å²) in [7, 11) is 0. The molecule has 2 N–H and O–H groups in total. The van der Waals surface area contributed by atoms with Gasteiger partial charge in [0.1, 0.15) is 0 Å². The molecular weight excluding hydrogens is 330 g/mol. The molecular formula is C16H13N3O2S2. The molecule has 2 aromatic heterocycles. The summed E-state index contributed by atoms with van der Waals surface area (Å²) >= 11 is 2.89. The normalized spacial score (nSPS) is 10.3. The molecule has 0 bridgehead atoms. The lowest BCUT2D eigenvalue weighted by atomic mass is 10.2. The van der Waals surface area contributed by atoms with Gasteiger partial charge in [0.15, 0.2) is 5.13 Å². The molecule has 7 heteroatoms. The Kier molecular flexibility index (Phi) is 4.80. The Morgan fingerprint density at radius 2 is 1.96 bits per heavy atom. The van der Waals surface area contributed by atoms with Gasteiger partial charge in [-0.25, -0.2) is 4.98 Å². The Morgan fingerprint density at radius 3 is 2.70 bits per heavy atom. The number of thiazole rings is 1. The highest BCUT2D eigenvalue weighted by molar-refractivity contribution is 7.13. The molecule has 3 rings (SSSR count). The summed E-state index contributed by atoms with van der Waals surface area (Å²) in [6.45, 7) is 0. The van der Waals surface area contributed by atoms with Gasteiger partial charge in [0.2, 0.25) is 5.91 Å². The van der Waals surface area contributed by atoms with E-state index in [1.54, 1.807) is 47.2 Å². The van der Waals surface area contributed by atoms with Crippen LogP contribution >= 0.6 is 22.7 Å². The number of carbonyl (C=O) groups is 2. The van der Waals surface area contributed by atoms with E-state index in [9.17, 15) is 9.59 Å². The molecule has 116 valence electrons. The highest BCUT2D eigenvalue weighted by Gasteiger charge is 2.10. The van der Waals surface area contributed by atoms with Crippen molar-refractivity contribution in [2.45, 2.75) is 6.42 Å². The van der Waals surface area contributed by atoms with Gasteiger partial charge in [-0.1, -0.05) is 12.1 Å². The molecule has 5 nitrogen and oxygen atoms in total. The number of nitrogens with zero attached hydrogens (tertiary/aromatic N) is 1. The quantitative estimate of drug-likeness (QED) is 0.743. The van der Waals surface area contributed by atoms with Crippen LogP contribution in [0.3, 0.4) is 0 Å². The van der Waals surface area contributed by atoms with Crippen LogP contribution in [0.15, 0.2) is 53.4 Å². The van der Waals surface area contributed by atoms with Crippen LogP contribution in [0.1, 0.15) is 15.2 Å². The standard InChI is InChI=1S/C16H13N3O2S2/c20-14(10-13-5-2-7-22-13)18-12-4-1-3-11(9-12)15(21)19-16-17-6-8-23-16/h1-9H,10H2,(H,18,20)(H,17,19,21). The molecule has 0 spiro atoms. The number of aromatic nitrogens is 1. The molecule has 0 aliphatic heterocycles. The third kappa shape index (κ3) is 4.24. The van der Waals surface area contributed by atoms with Gasteiger partial charge in [-0.05, 0) is 29.6 Å². The van der Waals surface area contributed by atoms with Crippen molar-refractivity contribution in [2.24, 2.45) is 0 Å². The average molecular weight is 343 g/mol. The molecule has 2 heterocycles. The van der Waals surface area contributed by atoms with E-state index in [1.165, 1.54) is 11.3 Å². The zero-order valence-corrected chi connectivity index (χ0v) is 13.6. The SMILES string of the molecule is O=C(Cc1cccs1)Nc1cccc(C(=O)Nc2nccs2)c1. The number of benzene rings is 1. The second-order valence-electron chi connectivity index (χ2n) is 4.68. The highest BCUT2D eigenvalue weighted by Crippen LogP contribution is 2.16. The third-order valence-corrected chi connectivity index (χ3v) is 4.54. The molecule has 0 saturated heterocycles. The zero-order chi connectivity index (χ0) is 16.1. The monoisotopic (exact) mass is 343 g/mol. The number of nitrogens with one attached hydrogen (secondary N) is 2. The molecule has 2 amide bonds. The fourth-order valence-electron chi connectivity index (χ4n) is 1.97. The van der Waals surface area contributed by atoms with E-state index in [0.29, 0.717) is 22.8 Å². The minimum absolute atomic E-state index is 0.107. The second kappa shape index (κ2) is 7.17. The summed E-state index contributed by atoms with van der Waals surface area (Å²) in [6, 6.07) is 10.7. The van der Waals surface area contributed by atoms with E-state index in [2.05, 4.69) is 15.6 Å². The van der Waals surface area contributed by atoms with Crippen LogP contribution in [0.5, 0.6) is 0 Å². The predicted molar refractivity (Wildman–Crippen MR) is 93.2 cm³/mol. The molecule has 0 fully saturated rings. The van der Waals surface area contributed by atoms with Gasteiger partial charge in [0.05, 0.1) is 6.42 Å². The predicted octanol–water partition coefficient (Wildman–Crippen LogP) is 3.64. The highest BCUT2D eigenvalue weighted by atomic mass is 32.1. The second-order valence-corrected chi connectivity index (χ2v) is 6.60. The van der Waals surface area contributed by atoms with Crippen molar-refractivity contribution in [3.8, 4) is 0 Å². The summed E-state index contributed by atoms with van der Waals surface area (Å²) in [5.74, 6) is -0.362. The van der Waals surface area contributed by atoms with Gasteiger partial charge in [0.25, 0.3) is 5.91 Å². The number of thiophene rings is 1. The van der Waals surface area contributed by atoms with Crippen molar-refractivity contribution in [2.75, 3.05) is 10.6 Å². The minimum Gasteiger partial charge on any atom is -0.326 e. The van der Waals surface area contributed by atoms with Gasteiger partial charge < -0.3 is 5.32 Å². The van der Waals surface area contributed by atoms with E-state index in [0.717, 1.165) is 4.88 Å². The number of amides is 2. The van der Waals surface area contributed by atoms with Crippen LogP contribution in [0.2, 0.25) is 0 Å². The van der Waals surface area contributed by atoms with Crippen molar-refractivity contribution >= 4 is 45.3 Å². The van der Waals surface area contributed by atoms with Gasteiger partial charge in [-0.15, -0.1) is 22.7 Å². The Balaban J connectivity index is 1.64. The molecule has 0 aliphatic rings. The Labute approximate surface area is 141 Å². The molecule has 0 saturated carbocycles. The van der Waals surface area contributed by atoms with E-state index < -0.39 is 0 Å². The number of hydrogen-bond donors (Lipinski definition) is 2.